The van der Waals surface area contributed by atoms with Crippen molar-refractivity contribution in [2.24, 2.45) is 0 Å². The zero-order valence-corrected chi connectivity index (χ0v) is 14.3. The first kappa shape index (κ1) is 17.4. The van der Waals surface area contributed by atoms with Gasteiger partial charge in [-0.25, -0.2) is 0 Å². The van der Waals surface area contributed by atoms with Gasteiger partial charge in [-0.2, -0.15) is 0 Å². The average Bonchev–Trinajstić information content (AvgIpc) is 2.58. The fourth-order valence-electron chi connectivity index (χ4n) is 2.86. The maximum Gasteiger partial charge on any atom is 0.138 e. The second-order valence-corrected chi connectivity index (χ2v) is 5.70. The predicted molar refractivity (Wildman–Crippen MR) is 94.4 cm³/mol. The number of nitrogens with zero attached hydrogens (tertiary/aromatic N) is 2. The Kier molecular flexibility index (Phi) is 6.56. The van der Waals surface area contributed by atoms with Crippen molar-refractivity contribution >= 4 is 0 Å². The SMILES string of the molecule is CCN(CC)C(CNCc1nc(C)ccc1O)c1ccccc1. The van der Waals surface area contributed by atoms with E-state index in [4.69, 9.17) is 0 Å². The van der Waals surface area contributed by atoms with Gasteiger partial charge in [-0.1, -0.05) is 44.2 Å². The normalized spacial score (nSPS) is 12.5. The summed E-state index contributed by atoms with van der Waals surface area (Å²) < 4.78 is 0. The molecule has 2 N–H and O–H groups in total. The van der Waals surface area contributed by atoms with Crippen LogP contribution in [0.25, 0.3) is 0 Å². The Morgan fingerprint density at radius 2 is 1.78 bits per heavy atom. The number of hydrogen-bond donors (Lipinski definition) is 2. The highest BCUT2D eigenvalue weighted by Crippen LogP contribution is 2.20. The van der Waals surface area contributed by atoms with Crippen LogP contribution in [0.2, 0.25) is 0 Å². The van der Waals surface area contributed by atoms with Crippen molar-refractivity contribution < 1.29 is 5.11 Å². The number of pyridine rings is 1. The van der Waals surface area contributed by atoms with E-state index >= 15 is 0 Å². The molecule has 0 bridgehead atoms. The summed E-state index contributed by atoms with van der Waals surface area (Å²) in [5.41, 5.74) is 2.93. The molecule has 124 valence electrons. The first-order chi connectivity index (χ1) is 11.2. The number of hydrogen-bond acceptors (Lipinski definition) is 4. The molecule has 0 saturated carbocycles. The van der Waals surface area contributed by atoms with Crippen LogP contribution in [0.3, 0.4) is 0 Å². The van der Waals surface area contributed by atoms with Gasteiger partial charge in [-0.3, -0.25) is 9.88 Å². The van der Waals surface area contributed by atoms with Gasteiger partial charge >= 0.3 is 0 Å². The van der Waals surface area contributed by atoms with Gasteiger partial charge in [0.1, 0.15) is 5.75 Å². The van der Waals surface area contributed by atoms with Crippen molar-refractivity contribution in [3.05, 3.63) is 59.4 Å². The number of aryl methyl sites for hydroxylation is 1. The quantitative estimate of drug-likeness (QED) is 0.785. The molecule has 23 heavy (non-hydrogen) atoms. The lowest BCUT2D eigenvalue weighted by Crippen LogP contribution is -2.35. The first-order valence-electron chi connectivity index (χ1n) is 8.30. The van der Waals surface area contributed by atoms with Crippen molar-refractivity contribution in [1.82, 2.24) is 15.2 Å². The summed E-state index contributed by atoms with van der Waals surface area (Å²) in [4.78, 5) is 6.84. The highest BCUT2D eigenvalue weighted by molar-refractivity contribution is 5.27. The van der Waals surface area contributed by atoms with E-state index < -0.39 is 0 Å². The van der Waals surface area contributed by atoms with Crippen LogP contribution in [0.1, 0.15) is 36.8 Å². The standard InChI is InChI=1S/C19H27N3O/c1-4-22(5-2)18(16-9-7-6-8-10-16)14-20-13-17-19(23)12-11-15(3)21-17/h6-12,18,20,23H,4-5,13-14H2,1-3H3. The molecule has 0 saturated heterocycles. The van der Waals surface area contributed by atoms with Crippen molar-refractivity contribution in [3.8, 4) is 5.75 Å². The first-order valence-corrected chi connectivity index (χ1v) is 8.30. The fraction of sp³-hybridized carbons (Fsp3) is 0.421. The summed E-state index contributed by atoms with van der Waals surface area (Å²) in [6, 6.07) is 14.4. The van der Waals surface area contributed by atoms with E-state index in [1.165, 1.54) is 5.56 Å². The summed E-state index contributed by atoms with van der Waals surface area (Å²) in [5.74, 6) is 0.252. The van der Waals surface area contributed by atoms with Gasteiger partial charge in [0.2, 0.25) is 0 Å². The largest absolute Gasteiger partial charge is 0.506 e. The van der Waals surface area contributed by atoms with Crippen LogP contribution in [-0.2, 0) is 6.54 Å². The number of aromatic hydroxyl groups is 1. The summed E-state index contributed by atoms with van der Waals surface area (Å²) in [5, 5.41) is 13.4. The van der Waals surface area contributed by atoms with E-state index in [1.54, 1.807) is 6.07 Å². The Hall–Kier alpha value is -1.91. The van der Waals surface area contributed by atoms with Crippen molar-refractivity contribution in [2.75, 3.05) is 19.6 Å². The lowest BCUT2D eigenvalue weighted by molar-refractivity contribution is 0.212. The van der Waals surface area contributed by atoms with Crippen molar-refractivity contribution in [2.45, 2.75) is 33.4 Å². The summed E-state index contributed by atoms with van der Waals surface area (Å²) >= 11 is 0. The lowest BCUT2D eigenvalue weighted by atomic mass is 10.1. The van der Waals surface area contributed by atoms with Crippen LogP contribution in [0, 0.1) is 6.92 Å². The van der Waals surface area contributed by atoms with E-state index in [9.17, 15) is 5.11 Å². The number of likely N-dealkylation sites (N-methyl/N-ethyl adjacent to an activating group) is 1. The highest BCUT2D eigenvalue weighted by atomic mass is 16.3. The van der Waals surface area contributed by atoms with Gasteiger partial charge in [0, 0.05) is 24.8 Å². The van der Waals surface area contributed by atoms with Crippen molar-refractivity contribution in [1.29, 1.82) is 0 Å². The molecule has 0 fully saturated rings. The highest BCUT2D eigenvalue weighted by Gasteiger charge is 2.17. The van der Waals surface area contributed by atoms with Crippen molar-refractivity contribution in [3.63, 3.8) is 0 Å². The number of nitrogens with one attached hydrogen (secondary N) is 1. The smallest absolute Gasteiger partial charge is 0.138 e. The molecular weight excluding hydrogens is 286 g/mol. The molecule has 1 aromatic heterocycles. The molecule has 0 aliphatic carbocycles. The molecule has 0 spiro atoms. The molecule has 0 amide bonds. The van der Waals surface area contributed by atoms with E-state index in [2.05, 4.69) is 53.3 Å². The molecule has 0 aliphatic heterocycles. The Labute approximate surface area is 139 Å². The topological polar surface area (TPSA) is 48.4 Å². The van der Waals surface area contributed by atoms with Crippen LogP contribution in [-0.4, -0.2) is 34.6 Å². The van der Waals surface area contributed by atoms with Crippen LogP contribution in [0.4, 0.5) is 0 Å². The summed E-state index contributed by atoms with van der Waals surface area (Å²) in [6.45, 7) is 9.71. The third kappa shape index (κ3) is 4.78. The Bertz CT molecular complexity index is 597. The number of rotatable bonds is 8. The van der Waals surface area contributed by atoms with E-state index in [-0.39, 0.29) is 5.75 Å². The predicted octanol–water partition coefficient (Wildman–Crippen LogP) is 3.27. The second-order valence-electron chi connectivity index (χ2n) is 5.70. The molecule has 1 heterocycles. The van der Waals surface area contributed by atoms with Gasteiger partial charge in [-0.15, -0.1) is 0 Å². The van der Waals surface area contributed by atoms with Crippen LogP contribution in [0.5, 0.6) is 5.75 Å². The van der Waals surface area contributed by atoms with E-state index in [1.807, 2.05) is 19.1 Å². The maximum absolute atomic E-state index is 9.91. The molecule has 0 radical (unpaired) electrons. The Balaban J connectivity index is 2.05. The molecule has 1 unspecified atom stereocenters. The molecule has 2 rings (SSSR count). The minimum Gasteiger partial charge on any atom is -0.506 e. The molecule has 1 aromatic carbocycles. The van der Waals surface area contributed by atoms with Gasteiger partial charge in [-0.05, 0) is 37.7 Å². The third-order valence-corrected chi connectivity index (χ3v) is 4.16. The zero-order valence-electron chi connectivity index (χ0n) is 14.3. The lowest BCUT2D eigenvalue weighted by Gasteiger charge is -2.30. The third-order valence-electron chi connectivity index (χ3n) is 4.16. The molecule has 2 aromatic rings. The maximum atomic E-state index is 9.91. The number of aromatic nitrogens is 1. The van der Waals surface area contributed by atoms with E-state index in [0.29, 0.717) is 18.3 Å². The van der Waals surface area contributed by atoms with Gasteiger partial charge in [0.05, 0.1) is 5.69 Å². The van der Waals surface area contributed by atoms with Gasteiger partial charge in [0.15, 0.2) is 0 Å². The molecule has 4 heteroatoms. The van der Waals surface area contributed by atoms with Crippen LogP contribution in [0.15, 0.2) is 42.5 Å². The Morgan fingerprint density at radius 1 is 1.09 bits per heavy atom. The molecule has 1 atom stereocenters. The minimum atomic E-state index is 0.252. The summed E-state index contributed by atoms with van der Waals surface area (Å²) in [7, 11) is 0. The fourth-order valence-corrected chi connectivity index (χ4v) is 2.86. The minimum absolute atomic E-state index is 0.252. The monoisotopic (exact) mass is 313 g/mol. The van der Waals surface area contributed by atoms with Crippen LogP contribution >= 0.6 is 0 Å². The second kappa shape index (κ2) is 8.65. The number of benzene rings is 1. The van der Waals surface area contributed by atoms with E-state index in [0.717, 1.165) is 25.3 Å². The Morgan fingerprint density at radius 3 is 2.43 bits per heavy atom. The van der Waals surface area contributed by atoms with Gasteiger partial charge < -0.3 is 10.4 Å². The summed E-state index contributed by atoms with van der Waals surface area (Å²) in [6.07, 6.45) is 0. The average molecular weight is 313 g/mol. The molecular formula is C19H27N3O. The zero-order chi connectivity index (χ0) is 16.7. The molecule has 0 aliphatic rings. The molecule has 4 nitrogen and oxygen atoms in total. The van der Waals surface area contributed by atoms with Crippen LogP contribution < -0.4 is 5.32 Å². The van der Waals surface area contributed by atoms with Gasteiger partial charge in [0.25, 0.3) is 0 Å².